The lowest BCUT2D eigenvalue weighted by Crippen LogP contribution is -2.13. The van der Waals surface area contributed by atoms with Crippen LogP contribution in [0.15, 0.2) is 34.8 Å². The Hall–Kier alpha value is -1.62. The molecule has 0 unspecified atom stereocenters. The fraction of sp³-hybridized carbons (Fsp3) is 0.333. The quantitative estimate of drug-likeness (QED) is 0.927. The first-order valence-corrected chi connectivity index (χ1v) is 7.35. The Morgan fingerprint density at radius 3 is 2.75 bits per heavy atom. The summed E-state index contributed by atoms with van der Waals surface area (Å²) in [5.41, 5.74) is 2.25. The Morgan fingerprint density at radius 2 is 2.10 bits per heavy atom. The molecule has 0 saturated heterocycles. The fourth-order valence-electron chi connectivity index (χ4n) is 1.98. The molecule has 1 N–H and O–H groups in total. The summed E-state index contributed by atoms with van der Waals surface area (Å²) in [6, 6.07) is 9.37. The number of nitrogens with one attached hydrogen (secondary N) is 1. The number of aryl methyl sites for hydroxylation is 1. The first-order valence-electron chi connectivity index (χ1n) is 6.56. The lowest BCUT2D eigenvalue weighted by Gasteiger charge is -2.04. The minimum atomic E-state index is -0.192. The van der Waals surface area contributed by atoms with Crippen molar-refractivity contribution in [2.45, 2.75) is 20.3 Å². The SMILES string of the molecule is CC(C)Cc1cc(C(=O)Nc2ccccc2Br)nn1C. The number of anilines is 1. The Bertz CT molecular complexity index is 619. The van der Waals surface area contributed by atoms with E-state index in [1.165, 1.54) is 0 Å². The smallest absolute Gasteiger partial charge is 0.276 e. The highest BCUT2D eigenvalue weighted by molar-refractivity contribution is 9.10. The van der Waals surface area contributed by atoms with E-state index in [4.69, 9.17) is 0 Å². The predicted octanol–water partition coefficient (Wildman–Crippen LogP) is 3.63. The number of hydrogen-bond acceptors (Lipinski definition) is 2. The third-order valence-corrected chi connectivity index (χ3v) is 3.64. The molecule has 1 aromatic heterocycles. The maximum absolute atomic E-state index is 12.2. The van der Waals surface area contributed by atoms with Crippen LogP contribution in [0.2, 0.25) is 0 Å². The van der Waals surface area contributed by atoms with Crippen LogP contribution in [-0.4, -0.2) is 15.7 Å². The molecule has 1 heterocycles. The van der Waals surface area contributed by atoms with Gasteiger partial charge >= 0.3 is 0 Å². The third-order valence-electron chi connectivity index (χ3n) is 2.95. The van der Waals surface area contributed by atoms with Crippen molar-refractivity contribution >= 4 is 27.5 Å². The Labute approximate surface area is 127 Å². The summed E-state index contributed by atoms with van der Waals surface area (Å²) in [5.74, 6) is 0.340. The van der Waals surface area contributed by atoms with Gasteiger partial charge in [0.05, 0.1) is 5.69 Å². The van der Waals surface area contributed by atoms with E-state index in [0.29, 0.717) is 11.6 Å². The van der Waals surface area contributed by atoms with E-state index in [2.05, 4.69) is 40.2 Å². The number of amides is 1. The molecule has 1 aromatic carbocycles. The molecular weight excluding hydrogens is 318 g/mol. The topological polar surface area (TPSA) is 46.9 Å². The number of hydrogen-bond donors (Lipinski definition) is 1. The zero-order chi connectivity index (χ0) is 14.7. The van der Waals surface area contributed by atoms with Crippen LogP contribution in [0.1, 0.15) is 30.0 Å². The fourth-order valence-corrected chi connectivity index (χ4v) is 2.36. The summed E-state index contributed by atoms with van der Waals surface area (Å²) in [5, 5.41) is 7.14. The molecule has 0 spiro atoms. The van der Waals surface area contributed by atoms with Crippen LogP contribution in [0.25, 0.3) is 0 Å². The largest absolute Gasteiger partial charge is 0.320 e. The summed E-state index contributed by atoms with van der Waals surface area (Å²) < 4.78 is 2.63. The molecule has 5 heteroatoms. The normalized spacial score (nSPS) is 10.8. The number of aromatic nitrogens is 2. The van der Waals surface area contributed by atoms with Crippen LogP contribution >= 0.6 is 15.9 Å². The monoisotopic (exact) mass is 335 g/mol. The summed E-state index contributed by atoms with van der Waals surface area (Å²) in [6.07, 6.45) is 0.909. The predicted molar refractivity (Wildman–Crippen MR) is 83.8 cm³/mol. The number of carbonyl (C=O) groups is 1. The first kappa shape index (κ1) is 14.8. The molecule has 106 valence electrons. The highest BCUT2D eigenvalue weighted by atomic mass is 79.9. The van der Waals surface area contributed by atoms with E-state index in [1.807, 2.05) is 37.4 Å². The van der Waals surface area contributed by atoms with Gasteiger partial charge in [0.2, 0.25) is 0 Å². The van der Waals surface area contributed by atoms with Crippen molar-refractivity contribution in [2.24, 2.45) is 13.0 Å². The van der Waals surface area contributed by atoms with Crippen molar-refractivity contribution in [3.05, 3.63) is 46.2 Å². The number of para-hydroxylation sites is 1. The van der Waals surface area contributed by atoms with Crippen molar-refractivity contribution in [3.8, 4) is 0 Å². The van der Waals surface area contributed by atoms with Gasteiger partial charge in [0.15, 0.2) is 5.69 Å². The second-order valence-corrected chi connectivity index (χ2v) is 6.03. The van der Waals surface area contributed by atoms with Crippen LogP contribution in [0.3, 0.4) is 0 Å². The number of benzene rings is 1. The Balaban J connectivity index is 2.16. The number of nitrogens with zero attached hydrogens (tertiary/aromatic N) is 2. The lowest BCUT2D eigenvalue weighted by molar-refractivity contribution is 0.102. The van der Waals surface area contributed by atoms with Crippen LogP contribution in [0.4, 0.5) is 5.69 Å². The molecule has 0 saturated carbocycles. The Morgan fingerprint density at radius 1 is 1.40 bits per heavy atom. The second kappa shape index (κ2) is 6.22. The number of halogens is 1. The molecule has 2 rings (SSSR count). The lowest BCUT2D eigenvalue weighted by atomic mass is 10.1. The van der Waals surface area contributed by atoms with Crippen molar-refractivity contribution in [1.29, 1.82) is 0 Å². The van der Waals surface area contributed by atoms with Crippen molar-refractivity contribution in [3.63, 3.8) is 0 Å². The van der Waals surface area contributed by atoms with Crippen LogP contribution < -0.4 is 5.32 Å². The van der Waals surface area contributed by atoms with Crippen LogP contribution in [0, 0.1) is 5.92 Å². The molecule has 4 nitrogen and oxygen atoms in total. The third kappa shape index (κ3) is 3.48. The van der Waals surface area contributed by atoms with Gasteiger partial charge in [0, 0.05) is 17.2 Å². The van der Waals surface area contributed by atoms with E-state index < -0.39 is 0 Å². The van der Waals surface area contributed by atoms with E-state index in [0.717, 1.165) is 22.3 Å². The van der Waals surface area contributed by atoms with Gasteiger partial charge < -0.3 is 5.32 Å². The van der Waals surface area contributed by atoms with Gasteiger partial charge in [-0.25, -0.2) is 0 Å². The van der Waals surface area contributed by atoms with E-state index >= 15 is 0 Å². The molecule has 0 bridgehead atoms. The van der Waals surface area contributed by atoms with Crippen LogP contribution in [-0.2, 0) is 13.5 Å². The van der Waals surface area contributed by atoms with Crippen molar-refractivity contribution in [1.82, 2.24) is 9.78 Å². The first-order chi connectivity index (χ1) is 9.47. The van der Waals surface area contributed by atoms with E-state index in [9.17, 15) is 4.79 Å². The summed E-state index contributed by atoms with van der Waals surface area (Å²) in [7, 11) is 1.87. The zero-order valence-corrected chi connectivity index (χ0v) is 13.4. The van der Waals surface area contributed by atoms with Gasteiger partial charge in [-0.15, -0.1) is 0 Å². The minimum absolute atomic E-state index is 0.192. The summed E-state index contributed by atoms with van der Waals surface area (Å²) in [4.78, 5) is 12.2. The van der Waals surface area contributed by atoms with Gasteiger partial charge in [-0.1, -0.05) is 26.0 Å². The highest BCUT2D eigenvalue weighted by Crippen LogP contribution is 2.22. The molecule has 0 aliphatic heterocycles. The van der Waals surface area contributed by atoms with Gasteiger partial charge in [0.1, 0.15) is 0 Å². The molecule has 0 aliphatic carbocycles. The molecule has 0 atom stereocenters. The average Bonchev–Trinajstić information content (AvgIpc) is 2.73. The van der Waals surface area contributed by atoms with Gasteiger partial charge in [-0.05, 0) is 46.5 Å². The number of carbonyl (C=O) groups excluding carboxylic acids is 1. The molecule has 0 radical (unpaired) electrons. The highest BCUT2D eigenvalue weighted by Gasteiger charge is 2.14. The molecule has 2 aromatic rings. The van der Waals surface area contributed by atoms with Gasteiger partial charge in [0.25, 0.3) is 5.91 Å². The maximum Gasteiger partial charge on any atom is 0.276 e. The standard InChI is InChI=1S/C15H18BrN3O/c1-10(2)8-11-9-14(18-19(11)3)15(20)17-13-7-5-4-6-12(13)16/h4-7,9-10H,8H2,1-3H3,(H,17,20). The van der Waals surface area contributed by atoms with Gasteiger partial charge in [-0.2, -0.15) is 5.10 Å². The minimum Gasteiger partial charge on any atom is -0.320 e. The van der Waals surface area contributed by atoms with Crippen molar-refractivity contribution in [2.75, 3.05) is 5.32 Å². The molecule has 0 fully saturated rings. The van der Waals surface area contributed by atoms with E-state index in [1.54, 1.807) is 4.68 Å². The summed E-state index contributed by atoms with van der Waals surface area (Å²) in [6.45, 7) is 4.29. The average molecular weight is 336 g/mol. The number of rotatable bonds is 4. The van der Waals surface area contributed by atoms with Gasteiger partial charge in [-0.3, -0.25) is 9.48 Å². The molecule has 20 heavy (non-hydrogen) atoms. The van der Waals surface area contributed by atoms with E-state index in [-0.39, 0.29) is 5.91 Å². The maximum atomic E-state index is 12.2. The molecular formula is C15H18BrN3O. The van der Waals surface area contributed by atoms with Crippen LogP contribution in [0.5, 0.6) is 0 Å². The second-order valence-electron chi connectivity index (χ2n) is 5.18. The Kier molecular flexibility index (Phi) is 4.60. The zero-order valence-electron chi connectivity index (χ0n) is 11.9. The van der Waals surface area contributed by atoms with Crippen molar-refractivity contribution < 1.29 is 4.79 Å². The molecule has 1 amide bonds. The summed E-state index contributed by atoms with van der Waals surface area (Å²) >= 11 is 3.41. The molecule has 0 aliphatic rings.